The second kappa shape index (κ2) is 2.80. The normalized spacial score (nSPS) is 9.20. The quantitative estimate of drug-likeness (QED) is 0.514. The smallest absolute Gasteiger partial charge is 0.234 e. The lowest BCUT2D eigenvalue weighted by Crippen LogP contribution is -2.00. The maximum absolute atomic E-state index is 10.7. The van der Waals surface area contributed by atoms with Crippen molar-refractivity contribution in [2.45, 2.75) is 0 Å². The van der Waals surface area contributed by atoms with E-state index in [1.807, 2.05) is 0 Å². The van der Waals surface area contributed by atoms with Gasteiger partial charge < -0.3 is 5.73 Å². The number of rotatable bonds is 2. The van der Waals surface area contributed by atoms with Gasteiger partial charge in [-0.25, -0.2) is 0 Å². The lowest BCUT2D eigenvalue weighted by Gasteiger charge is -1.78. The van der Waals surface area contributed by atoms with Crippen LogP contribution in [0.15, 0.2) is 0 Å². The molecule has 6 heteroatoms. The van der Waals surface area contributed by atoms with E-state index in [1.54, 1.807) is 0 Å². The van der Waals surface area contributed by atoms with Crippen molar-refractivity contribution in [1.82, 2.24) is 9.36 Å². The second-order valence-corrected chi connectivity index (χ2v) is 2.46. The van der Waals surface area contributed by atoms with Crippen LogP contribution in [0.1, 0.15) is 10.6 Å². The summed E-state index contributed by atoms with van der Waals surface area (Å²) in [5.74, 6) is -0.291. The number of nitrogen functional groups attached to an aromatic ring is 1. The molecular weight excluding hydrogens is 170 g/mol. The number of ketones is 1. The molecule has 0 unspecified atom stereocenters. The summed E-state index contributed by atoms with van der Waals surface area (Å²) < 4.78 is 3.64. The summed E-state index contributed by atoms with van der Waals surface area (Å²) in [4.78, 5) is 14.3. The van der Waals surface area contributed by atoms with Crippen molar-refractivity contribution in [3.63, 3.8) is 0 Å². The monoisotopic (exact) mass is 173 g/mol. The molecule has 1 aromatic heterocycles. The predicted octanol–water partition coefficient (Wildman–Crippen LogP) is 0.303. The molecule has 0 aliphatic rings. The van der Waals surface area contributed by atoms with Crippen molar-refractivity contribution in [3.05, 3.63) is 5.82 Å². The van der Waals surface area contributed by atoms with Crippen LogP contribution in [0.5, 0.6) is 0 Å². The molecule has 4 nitrogen and oxygen atoms in total. The maximum atomic E-state index is 10.7. The predicted molar refractivity (Wildman–Crippen MR) is 42.3 cm³/mol. The van der Waals surface area contributed by atoms with E-state index in [0.717, 1.165) is 16.9 Å². The summed E-state index contributed by atoms with van der Waals surface area (Å²) in [5, 5.41) is 1.27. The summed E-state index contributed by atoms with van der Waals surface area (Å²) in [6.45, 7) is 0. The molecule has 0 fully saturated rings. The van der Waals surface area contributed by atoms with Crippen molar-refractivity contribution in [3.8, 4) is 0 Å². The molecule has 0 bridgehead atoms. The Kier molecular flexibility index (Phi) is 2.03. The van der Waals surface area contributed by atoms with Crippen molar-refractivity contribution < 1.29 is 4.79 Å². The van der Waals surface area contributed by atoms with Crippen molar-refractivity contribution in [2.75, 3.05) is 5.73 Å². The van der Waals surface area contributed by atoms with Gasteiger partial charge in [-0.15, -0.1) is 0 Å². The van der Waals surface area contributed by atoms with E-state index in [0.29, 0.717) is 0 Å². The molecule has 0 aromatic carbocycles. The number of hydrogen-bond acceptors (Lipinski definition) is 6. The molecule has 0 aliphatic heterocycles. The van der Waals surface area contributed by atoms with Gasteiger partial charge in [0.15, 0.2) is 5.13 Å². The third kappa shape index (κ3) is 1.34. The summed E-state index contributed by atoms with van der Waals surface area (Å²) in [6.07, 6.45) is 0. The van der Waals surface area contributed by atoms with Gasteiger partial charge in [-0.1, -0.05) is 12.2 Å². The number of Topliss-reactive ketones (excluding diaryl/α,β-unsaturated/α-hetero) is 1. The third-order valence-electron chi connectivity index (χ3n) is 0.769. The molecule has 1 heterocycles. The Morgan fingerprint density at radius 2 is 2.50 bits per heavy atom. The number of aromatic nitrogens is 2. The summed E-state index contributed by atoms with van der Waals surface area (Å²) in [6, 6.07) is 0. The van der Waals surface area contributed by atoms with Gasteiger partial charge >= 0.3 is 0 Å². The number of hydrogen-bond donors (Lipinski definition) is 1. The highest BCUT2D eigenvalue weighted by molar-refractivity contribution is 7.80. The number of carbonyl (C=O) groups excluding carboxylic acids is 1. The minimum absolute atomic E-state index is 0.0810. The fourth-order valence-corrected chi connectivity index (χ4v) is 0.931. The first-order valence-corrected chi connectivity index (χ1v) is 3.57. The Bertz CT molecular complexity index is 269. The average Bonchev–Trinajstić information content (AvgIpc) is 2.34. The lowest BCUT2D eigenvalue weighted by atomic mass is 10.4. The van der Waals surface area contributed by atoms with E-state index in [1.165, 1.54) is 0 Å². The van der Waals surface area contributed by atoms with E-state index < -0.39 is 0 Å². The van der Waals surface area contributed by atoms with Crippen LogP contribution < -0.4 is 5.73 Å². The van der Waals surface area contributed by atoms with Crippen LogP contribution >= 0.6 is 23.8 Å². The maximum Gasteiger partial charge on any atom is 0.234 e. The van der Waals surface area contributed by atoms with E-state index in [4.69, 9.17) is 5.73 Å². The molecule has 2 N–H and O–H groups in total. The Morgan fingerprint density at radius 3 is 2.90 bits per heavy atom. The topological polar surface area (TPSA) is 68.9 Å². The highest BCUT2D eigenvalue weighted by Crippen LogP contribution is 2.04. The van der Waals surface area contributed by atoms with Crippen LogP contribution in [0.4, 0.5) is 5.13 Å². The van der Waals surface area contributed by atoms with Crippen LogP contribution in [0, 0.1) is 0 Å². The van der Waals surface area contributed by atoms with Gasteiger partial charge in [0.2, 0.25) is 11.6 Å². The molecule has 0 spiro atoms. The van der Waals surface area contributed by atoms with Crippen LogP contribution in [0.3, 0.4) is 0 Å². The fraction of sp³-hybridized carbons (Fsp3) is 0. The molecule has 0 saturated heterocycles. The zero-order valence-electron chi connectivity index (χ0n) is 4.77. The molecule has 0 saturated carbocycles. The highest BCUT2D eigenvalue weighted by atomic mass is 32.1. The molecular formula is C4H3N3OS2. The zero-order valence-corrected chi connectivity index (χ0v) is 6.41. The number of nitrogens with two attached hydrogens (primary N) is 1. The highest BCUT2D eigenvalue weighted by Gasteiger charge is 2.06. The van der Waals surface area contributed by atoms with Gasteiger partial charge in [-0.3, -0.25) is 4.79 Å². The van der Waals surface area contributed by atoms with Gasteiger partial charge in [0.05, 0.1) is 5.37 Å². The minimum Gasteiger partial charge on any atom is -0.374 e. The minimum atomic E-state index is -0.372. The van der Waals surface area contributed by atoms with Gasteiger partial charge in [0.25, 0.3) is 0 Å². The van der Waals surface area contributed by atoms with Gasteiger partial charge in [-0.05, 0) is 0 Å². The first kappa shape index (κ1) is 7.23. The van der Waals surface area contributed by atoms with Crippen LogP contribution in [-0.4, -0.2) is 20.5 Å². The molecule has 10 heavy (non-hydrogen) atoms. The SMILES string of the molecule is Nc1nc(C(=O)C=S)ns1. The molecule has 0 atom stereocenters. The van der Waals surface area contributed by atoms with E-state index in [2.05, 4.69) is 21.6 Å². The van der Waals surface area contributed by atoms with E-state index in [-0.39, 0.29) is 16.7 Å². The summed E-state index contributed by atoms with van der Waals surface area (Å²) in [5.41, 5.74) is 5.22. The molecule has 1 rings (SSSR count). The standard InChI is InChI=1S/C4H3N3OS2/c5-4-6-3(7-10-4)2(8)1-9/h1H,(H2,5,6,7). The first-order chi connectivity index (χ1) is 4.74. The number of anilines is 1. The van der Waals surface area contributed by atoms with Crippen LogP contribution in [0.25, 0.3) is 0 Å². The summed E-state index contributed by atoms with van der Waals surface area (Å²) in [7, 11) is 0. The van der Waals surface area contributed by atoms with Gasteiger partial charge in [0.1, 0.15) is 0 Å². The third-order valence-corrected chi connectivity index (χ3v) is 1.53. The molecule has 0 radical (unpaired) electrons. The molecule has 0 amide bonds. The Labute approximate surface area is 66.2 Å². The number of nitrogens with zero attached hydrogens (tertiary/aromatic N) is 2. The van der Waals surface area contributed by atoms with Gasteiger partial charge in [0, 0.05) is 11.5 Å². The molecule has 0 aliphatic carbocycles. The zero-order chi connectivity index (χ0) is 7.56. The van der Waals surface area contributed by atoms with Gasteiger partial charge in [-0.2, -0.15) is 9.36 Å². The molecule has 52 valence electrons. The fourth-order valence-electron chi connectivity index (χ4n) is 0.388. The number of carbonyl (C=O) groups is 1. The first-order valence-electron chi connectivity index (χ1n) is 2.32. The van der Waals surface area contributed by atoms with Crippen molar-refractivity contribution in [2.24, 2.45) is 0 Å². The van der Waals surface area contributed by atoms with Crippen molar-refractivity contribution >= 4 is 40.0 Å². The van der Waals surface area contributed by atoms with Crippen LogP contribution in [0.2, 0.25) is 0 Å². The van der Waals surface area contributed by atoms with Crippen molar-refractivity contribution in [1.29, 1.82) is 0 Å². The largest absolute Gasteiger partial charge is 0.374 e. The average molecular weight is 173 g/mol. The Hall–Kier alpha value is -0.880. The van der Waals surface area contributed by atoms with E-state index in [9.17, 15) is 4.79 Å². The van der Waals surface area contributed by atoms with E-state index >= 15 is 0 Å². The Morgan fingerprint density at radius 1 is 1.80 bits per heavy atom. The Balaban J connectivity index is 2.95. The second-order valence-electron chi connectivity index (χ2n) is 1.44. The number of thiocarbonyl (C=S) groups is 1. The summed E-state index contributed by atoms with van der Waals surface area (Å²) >= 11 is 5.35. The lowest BCUT2D eigenvalue weighted by molar-refractivity contribution is 0.106. The molecule has 1 aromatic rings. The van der Waals surface area contributed by atoms with Crippen LogP contribution in [-0.2, 0) is 0 Å².